The minimum absolute atomic E-state index is 0.00460. The second-order valence-corrected chi connectivity index (χ2v) is 12.7. The largest absolute Gasteiger partial charge is 0.495 e. The molecule has 46 heavy (non-hydrogen) atoms. The number of fused-ring (bicyclic) bond motifs is 5. The molecule has 251 valence electrons. The number of carbonyl (C=O) groups excluding carboxylic acids is 3. The molecule has 0 saturated carbocycles. The summed E-state index contributed by atoms with van der Waals surface area (Å²) in [6.07, 6.45) is 1.78. The Labute approximate surface area is 276 Å². The summed E-state index contributed by atoms with van der Waals surface area (Å²) >= 11 is 6.71. The number of methoxy groups -OCH3 is 2. The van der Waals surface area contributed by atoms with Gasteiger partial charge in [-0.25, -0.2) is 4.79 Å². The van der Waals surface area contributed by atoms with Gasteiger partial charge in [-0.1, -0.05) is 42.2 Å². The number of ether oxygens (including phenoxy) is 5. The normalized spacial score (nSPS) is 32.7. The number of anilines is 1. The maximum Gasteiger partial charge on any atom is 0.409 e. The van der Waals surface area contributed by atoms with E-state index in [0.717, 1.165) is 11.1 Å². The Morgan fingerprint density at radius 3 is 2.67 bits per heavy atom. The molecule has 0 unspecified atom stereocenters. The van der Waals surface area contributed by atoms with Gasteiger partial charge in [0.05, 0.1) is 31.4 Å². The number of hydrogen-bond donors (Lipinski definition) is 2. The molecule has 12 nitrogen and oxygen atoms in total. The fraction of sp³-hybridized carbons (Fsp3) is 0.594. The lowest BCUT2D eigenvalue weighted by molar-refractivity contribution is -0.157. The molecule has 3 heterocycles. The van der Waals surface area contributed by atoms with Gasteiger partial charge in [0.15, 0.2) is 5.72 Å². The van der Waals surface area contributed by atoms with Crippen LogP contribution in [0.3, 0.4) is 0 Å². The van der Waals surface area contributed by atoms with Gasteiger partial charge in [-0.2, -0.15) is 0 Å². The predicted molar refractivity (Wildman–Crippen MR) is 173 cm³/mol. The number of alkyl carbamates (subject to hydrolysis) is 1. The lowest BCUT2D eigenvalue weighted by Crippen LogP contribution is -2.62. The minimum Gasteiger partial charge on any atom is -0.495 e. The van der Waals surface area contributed by atoms with Gasteiger partial charge in [0.1, 0.15) is 34.7 Å². The van der Waals surface area contributed by atoms with E-state index >= 15 is 0 Å². The monoisotopic (exact) mass is 660 g/mol. The van der Waals surface area contributed by atoms with Gasteiger partial charge in [-0.05, 0) is 51.9 Å². The van der Waals surface area contributed by atoms with Gasteiger partial charge < -0.3 is 38.5 Å². The Bertz CT molecular complexity index is 1390. The number of benzene rings is 1. The zero-order chi connectivity index (χ0) is 34.0. The smallest absolute Gasteiger partial charge is 0.409 e. The van der Waals surface area contributed by atoms with Gasteiger partial charge in [0, 0.05) is 27.0 Å². The summed E-state index contributed by atoms with van der Waals surface area (Å²) in [5.41, 5.74) is -0.613. The highest BCUT2D eigenvalue weighted by Gasteiger charge is 2.61. The third-order valence-electron chi connectivity index (χ3n) is 9.11. The molecular weight excluding hydrogens is 617 g/mol. The second-order valence-electron chi connectivity index (χ2n) is 12.4. The summed E-state index contributed by atoms with van der Waals surface area (Å²) < 4.78 is 28.8. The minimum atomic E-state index is -1.76. The van der Waals surface area contributed by atoms with Crippen LogP contribution in [0, 0.1) is 0 Å². The molecule has 2 fully saturated rings. The first kappa shape index (κ1) is 35.8. The van der Waals surface area contributed by atoms with Crippen LogP contribution >= 0.6 is 11.6 Å². The Kier molecular flexibility index (Phi) is 11.2. The summed E-state index contributed by atoms with van der Waals surface area (Å²) in [5.74, 6) is -0.492. The Morgan fingerprint density at radius 1 is 1.30 bits per heavy atom. The Hall–Kier alpha value is -3.10. The van der Waals surface area contributed by atoms with E-state index in [4.69, 9.17) is 35.3 Å². The molecule has 4 bridgehead atoms. The first-order chi connectivity index (χ1) is 21.6. The van der Waals surface area contributed by atoms with Gasteiger partial charge in [-0.15, -0.1) is 0 Å². The number of rotatable bonds is 6. The van der Waals surface area contributed by atoms with Gasteiger partial charge in [0.25, 0.3) is 0 Å². The van der Waals surface area contributed by atoms with Crippen LogP contribution in [-0.2, 0) is 35.0 Å². The van der Waals surface area contributed by atoms with Crippen LogP contribution in [0.25, 0.3) is 0 Å². The highest BCUT2D eigenvalue weighted by Crippen LogP contribution is 2.46. The van der Waals surface area contributed by atoms with Crippen molar-refractivity contribution in [1.82, 2.24) is 10.1 Å². The highest BCUT2D eigenvalue weighted by atomic mass is 35.5. The zero-order valence-corrected chi connectivity index (χ0v) is 28.4. The van der Waals surface area contributed by atoms with Crippen LogP contribution in [-0.4, -0.2) is 105 Å². The number of nitrogens with one attached hydrogen (secondary N) is 1. The molecule has 1 aromatic rings. The highest BCUT2D eigenvalue weighted by molar-refractivity contribution is 6.35. The third-order valence-corrected chi connectivity index (χ3v) is 9.49. The van der Waals surface area contributed by atoms with Crippen molar-refractivity contribution < 1.29 is 43.2 Å². The van der Waals surface area contributed by atoms with Crippen molar-refractivity contribution in [3.63, 3.8) is 0 Å². The molecule has 0 spiro atoms. The first-order valence-corrected chi connectivity index (χ1v) is 15.6. The number of carbonyl (C=O) groups is 3. The van der Waals surface area contributed by atoms with Crippen LogP contribution in [0.15, 0.2) is 35.9 Å². The summed E-state index contributed by atoms with van der Waals surface area (Å²) in [4.78, 5) is 42.9. The van der Waals surface area contributed by atoms with Crippen LogP contribution in [0.4, 0.5) is 10.5 Å². The van der Waals surface area contributed by atoms with E-state index in [1.807, 2.05) is 25.1 Å². The number of allylic oxidation sites excluding steroid dienone is 3. The SMILES string of the molecule is C[B]N(C)[C@@H](C)C(=O)O[C@H]1CC(=O)N(C)c2cc(cc(OC)c2Cl)C/C(C)=C/C=C/[C@@H](OC)[C@@]2(O)C[C@@H](C[C@@H]3O[C@@]13C)OC(=O)N2. The molecule has 2 N–H and O–H groups in total. The van der Waals surface area contributed by atoms with Crippen molar-refractivity contribution in [1.29, 1.82) is 0 Å². The summed E-state index contributed by atoms with van der Waals surface area (Å²) in [6.45, 7) is 7.20. The number of esters is 1. The maximum atomic E-state index is 13.9. The third kappa shape index (κ3) is 7.71. The van der Waals surface area contributed by atoms with E-state index in [9.17, 15) is 19.5 Å². The number of hydrogen-bond acceptors (Lipinski definition) is 10. The molecule has 2 saturated heterocycles. The first-order valence-electron chi connectivity index (χ1n) is 15.3. The molecule has 7 atom stereocenters. The van der Waals surface area contributed by atoms with Crippen molar-refractivity contribution in [2.45, 2.75) is 95.1 Å². The quantitative estimate of drug-likeness (QED) is 0.265. The van der Waals surface area contributed by atoms with E-state index < -0.39 is 53.8 Å². The average Bonchev–Trinajstić information content (AvgIpc) is 3.66. The van der Waals surface area contributed by atoms with Gasteiger partial charge >= 0.3 is 12.1 Å². The van der Waals surface area contributed by atoms with Crippen molar-refractivity contribution >= 4 is 42.7 Å². The zero-order valence-electron chi connectivity index (χ0n) is 27.7. The van der Waals surface area contributed by atoms with Crippen molar-refractivity contribution in [3.8, 4) is 5.75 Å². The standard InChI is InChI=1S/C32H44BClN3O9/c1-18-10-9-11-24(43-8)32(41)17-21(44-30(40)35-32)15-26-31(3,46-26)25(45-29(39)19(2)37(6)33-4)16-27(38)36(5)22-13-20(12-18)14-23(42-7)28(22)34/h9-11,13-14,19,21,24-26,41H,12,15-17H2,1-8H3,(H,35,40)/b11-9+,18-10+/t19-,21+,24+,25-,26-,31-,32-/m0/s1. The molecule has 3 aliphatic rings. The number of nitrogens with zero attached hydrogens (tertiary/aromatic N) is 2. The second kappa shape index (κ2) is 14.3. The molecular formula is C32H44BClN3O9. The number of epoxide rings is 1. The Balaban J connectivity index is 1.76. The van der Waals surface area contributed by atoms with E-state index in [2.05, 4.69) is 5.32 Å². The van der Waals surface area contributed by atoms with Crippen LogP contribution in [0.1, 0.15) is 45.6 Å². The van der Waals surface area contributed by atoms with E-state index in [0.29, 0.717) is 17.9 Å². The van der Waals surface area contributed by atoms with Crippen LogP contribution in [0.2, 0.25) is 11.8 Å². The fourth-order valence-corrected chi connectivity index (χ4v) is 6.19. The molecule has 3 aliphatic heterocycles. The van der Waals surface area contributed by atoms with E-state index in [-0.39, 0.29) is 30.2 Å². The fourth-order valence-electron chi connectivity index (χ4n) is 5.88. The maximum absolute atomic E-state index is 13.9. The topological polar surface area (TPSA) is 139 Å². The number of likely N-dealkylation sites (N-methyl/N-ethyl adjacent to an activating group) is 1. The summed E-state index contributed by atoms with van der Waals surface area (Å²) in [7, 11) is 8.06. The summed E-state index contributed by atoms with van der Waals surface area (Å²) in [5, 5.41) is 14.3. The van der Waals surface area contributed by atoms with Crippen molar-refractivity contribution in [3.05, 3.63) is 46.5 Å². The van der Waals surface area contributed by atoms with Crippen molar-refractivity contribution in [2.24, 2.45) is 0 Å². The molecule has 14 heteroatoms. The van der Waals surface area contributed by atoms with Crippen LogP contribution < -0.4 is 15.0 Å². The molecule has 1 radical (unpaired) electrons. The molecule has 2 amide bonds. The summed E-state index contributed by atoms with van der Waals surface area (Å²) in [6, 6.07) is 3.01. The predicted octanol–water partition coefficient (Wildman–Crippen LogP) is 3.41. The number of aliphatic hydroxyl groups is 1. The van der Waals surface area contributed by atoms with E-state index in [1.54, 1.807) is 59.1 Å². The molecule has 4 rings (SSSR count). The number of amides is 2. The van der Waals surface area contributed by atoms with Crippen molar-refractivity contribution in [2.75, 3.05) is 33.2 Å². The Morgan fingerprint density at radius 2 is 2.02 bits per heavy atom. The van der Waals surface area contributed by atoms with Crippen LogP contribution in [0.5, 0.6) is 5.75 Å². The molecule has 0 aliphatic carbocycles. The van der Waals surface area contributed by atoms with Gasteiger partial charge in [-0.3, -0.25) is 14.9 Å². The molecule has 0 aromatic heterocycles. The lowest BCUT2D eigenvalue weighted by Gasteiger charge is -2.40. The lowest BCUT2D eigenvalue weighted by atomic mass is 9.89. The van der Waals surface area contributed by atoms with Gasteiger partial charge in [0.2, 0.25) is 13.3 Å². The molecule has 1 aromatic carbocycles. The van der Waals surface area contributed by atoms with E-state index in [1.165, 1.54) is 19.1 Å². The average molecular weight is 661 g/mol. The number of halogens is 1.